The van der Waals surface area contributed by atoms with Crippen molar-refractivity contribution in [2.45, 2.75) is 51.4 Å². The summed E-state index contributed by atoms with van der Waals surface area (Å²) < 4.78 is 11.4. The summed E-state index contributed by atoms with van der Waals surface area (Å²) in [4.78, 5) is 3.41. The van der Waals surface area contributed by atoms with Gasteiger partial charge in [-0.1, -0.05) is 56.7 Å². The molecule has 0 aliphatic heterocycles. The first-order valence-electron chi connectivity index (χ1n) is 10.0. The van der Waals surface area contributed by atoms with E-state index in [-0.39, 0.29) is 0 Å². The van der Waals surface area contributed by atoms with E-state index in [0.29, 0.717) is 24.5 Å². The van der Waals surface area contributed by atoms with E-state index in [1.54, 1.807) is 24.3 Å². The predicted octanol–water partition coefficient (Wildman–Crippen LogP) is 6.69. The van der Waals surface area contributed by atoms with Crippen molar-refractivity contribution in [3.05, 3.63) is 65.5 Å². The van der Waals surface area contributed by atoms with Crippen LogP contribution in [0.2, 0.25) is 0 Å². The van der Waals surface area contributed by atoms with Crippen LogP contribution in [0.5, 0.6) is 11.5 Å². The standard InChI is InChI=1S/C24H28N2O2/c1-26-22-13-11-15-24(19-22)28-17-9-7-5-3-2-4-6-8-16-27-23-14-10-12-21(18-23)20-25/h10-15,18-19H,2-9,16-17H2. The molecule has 0 unspecified atom stereocenters. The second kappa shape index (κ2) is 13.2. The van der Waals surface area contributed by atoms with Crippen molar-refractivity contribution in [3.63, 3.8) is 0 Å². The van der Waals surface area contributed by atoms with Gasteiger partial charge in [-0.05, 0) is 43.2 Å². The third kappa shape index (κ3) is 8.60. The summed E-state index contributed by atoms with van der Waals surface area (Å²) in [5, 5.41) is 8.87. The number of hydrogen-bond acceptors (Lipinski definition) is 3. The zero-order valence-electron chi connectivity index (χ0n) is 16.4. The van der Waals surface area contributed by atoms with E-state index >= 15 is 0 Å². The molecule has 146 valence electrons. The van der Waals surface area contributed by atoms with Crippen molar-refractivity contribution >= 4 is 5.69 Å². The van der Waals surface area contributed by atoms with E-state index in [1.807, 2.05) is 24.3 Å². The van der Waals surface area contributed by atoms with Crippen molar-refractivity contribution in [3.8, 4) is 17.6 Å². The lowest BCUT2D eigenvalue weighted by molar-refractivity contribution is 0.301. The fourth-order valence-electron chi connectivity index (χ4n) is 2.94. The number of benzene rings is 2. The number of nitriles is 1. The third-order valence-electron chi connectivity index (χ3n) is 4.49. The van der Waals surface area contributed by atoms with Gasteiger partial charge in [0.05, 0.1) is 31.4 Å². The monoisotopic (exact) mass is 376 g/mol. The Bertz CT molecular complexity index is 722. The zero-order chi connectivity index (χ0) is 19.9. The fraction of sp³-hybridized carbons (Fsp3) is 0.417. The van der Waals surface area contributed by atoms with Gasteiger partial charge in [0.25, 0.3) is 0 Å². The maximum absolute atomic E-state index is 8.87. The molecule has 0 bridgehead atoms. The van der Waals surface area contributed by atoms with Crippen molar-refractivity contribution in [2.24, 2.45) is 0 Å². The van der Waals surface area contributed by atoms with Crippen LogP contribution >= 0.6 is 0 Å². The predicted molar refractivity (Wildman–Crippen MR) is 112 cm³/mol. The Kier molecular flexibility index (Phi) is 10.1. The Morgan fingerprint density at radius 1 is 0.750 bits per heavy atom. The Hall–Kier alpha value is -2.98. The highest BCUT2D eigenvalue weighted by Gasteiger charge is 1.98. The van der Waals surface area contributed by atoms with Crippen LogP contribution in [0, 0.1) is 17.9 Å². The van der Waals surface area contributed by atoms with Crippen molar-refractivity contribution in [1.29, 1.82) is 5.26 Å². The average Bonchev–Trinajstić information content (AvgIpc) is 2.74. The lowest BCUT2D eigenvalue weighted by Gasteiger charge is -2.07. The molecule has 0 saturated carbocycles. The highest BCUT2D eigenvalue weighted by atomic mass is 16.5. The highest BCUT2D eigenvalue weighted by molar-refractivity contribution is 5.48. The van der Waals surface area contributed by atoms with Gasteiger partial charge >= 0.3 is 0 Å². The molecule has 0 heterocycles. The van der Waals surface area contributed by atoms with Crippen molar-refractivity contribution in [2.75, 3.05) is 13.2 Å². The molecule has 28 heavy (non-hydrogen) atoms. The lowest BCUT2D eigenvalue weighted by atomic mass is 10.1. The molecule has 4 heteroatoms. The molecule has 2 aromatic rings. The molecule has 0 radical (unpaired) electrons. The van der Waals surface area contributed by atoms with E-state index in [1.165, 1.54) is 38.5 Å². The highest BCUT2D eigenvalue weighted by Crippen LogP contribution is 2.20. The van der Waals surface area contributed by atoms with Gasteiger partial charge in [-0.3, -0.25) is 0 Å². The van der Waals surface area contributed by atoms with Crippen LogP contribution in [0.25, 0.3) is 4.85 Å². The Morgan fingerprint density at radius 3 is 1.86 bits per heavy atom. The van der Waals surface area contributed by atoms with Gasteiger partial charge in [-0.2, -0.15) is 5.26 Å². The Morgan fingerprint density at radius 2 is 1.29 bits per heavy atom. The van der Waals surface area contributed by atoms with Crippen LogP contribution in [0.3, 0.4) is 0 Å². The number of nitrogens with zero attached hydrogens (tertiary/aromatic N) is 2. The first-order valence-corrected chi connectivity index (χ1v) is 10.0. The van der Waals surface area contributed by atoms with Gasteiger partial charge in [-0.15, -0.1) is 0 Å². The molecule has 2 aromatic carbocycles. The number of unbranched alkanes of at least 4 members (excludes halogenated alkanes) is 7. The van der Waals surface area contributed by atoms with Crippen LogP contribution in [0.15, 0.2) is 48.5 Å². The lowest BCUT2D eigenvalue weighted by Crippen LogP contribution is -1.98. The molecule has 0 N–H and O–H groups in total. The second-order valence-electron chi connectivity index (χ2n) is 6.77. The first kappa shape index (κ1) is 21.3. The summed E-state index contributed by atoms with van der Waals surface area (Å²) in [7, 11) is 0. The third-order valence-corrected chi connectivity index (χ3v) is 4.49. The Labute approximate surface area is 168 Å². The minimum atomic E-state index is 0.624. The quantitative estimate of drug-likeness (QED) is 0.289. The molecular weight excluding hydrogens is 348 g/mol. The minimum Gasteiger partial charge on any atom is -0.495 e. The maximum atomic E-state index is 8.87. The van der Waals surface area contributed by atoms with Gasteiger partial charge in [0.1, 0.15) is 11.5 Å². The van der Waals surface area contributed by atoms with Gasteiger partial charge in [0.15, 0.2) is 5.69 Å². The first-order chi connectivity index (χ1) is 13.8. The molecule has 2 rings (SSSR count). The molecule has 4 nitrogen and oxygen atoms in total. The normalized spacial score (nSPS) is 10.1. The molecule has 0 aliphatic rings. The van der Waals surface area contributed by atoms with E-state index in [2.05, 4.69) is 10.9 Å². The summed E-state index contributed by atoms with van der Waals surface area (Å²) in [6.45, 7) is 8.43. The molecular formula is C24H28N2O2. The number of ether oxygens (including phenoxy) is 2. The summed E-state index contributed by atoms with van der Waals surface area (Å²) in [6.07, 6.45) is 9.46. The van der Waals surface area contributed by atoms with Crippen LogP contribution in [0.4, 0.5) is 5.69 Å². The summed E-state index contributed by atoms with van der Waals surface area (Å²) >= 11 is 0. The van der Waals surface area contributed by atoms with Gasteiger partial charge in [0, 0.05) is 0 Å². The molecule has 0 spiro atoms. The molecule has 0 fully saturated rings. The topological polar surface area (TPSA) is 46.6 Å². The zero-order valence-corrected chi connectivity index (χ0v) is 16.4. The minimum absolute atomic E-state index is 0.624. The van der Waals surface area contributed by atoms with Gasteiger partial charge in [0.2, 0.25) is 0 Å². The molecule has 0 saturated heterocycles. The van der Waals surface area contributed by atoms with Gasteiger partial charge in [-0.25, -0.2) is 4.85 Å². The molecule has 0 aliphatic carbocycles. The molecule has 0 aromatic heterocycles. The largest absolute Gasteiger partial charge is 0.495 e. The van der Waals surface area contributed by atoms with Crippen LogP contribution < -0.4 is 9.47 Å². The second-order valence-corrected chi connectivity index (χ2v) is 6.77. The number of hydrogen-bond donors (Lipinski definition) is 0. The van der Waals surface area contributed by atoms with Crippen LogP contribution in [0.1, 0.15) is 56.9 Å². The maximum Gasteiger partial charge on any atom is 0.190 e. The fourth-order valence-corrected chi connectivity index (χ4v) is 2.94. The van der Waals surface area contributed by atoms with E-state index in [9.17, 15) is 0 Å². The number of rotatable bonds is 13. The van der Waals surface area contributed by atoms with Crippen LogP contribution in [-0.2, 0) is 0 Å². The summed E-state index contributed by atoms with van der Waals surface area (Å²) in [5.41, 5.74) is 1.26. The van der Waals surface area contributed by atoms with Crippen LogP contribution in [-0.4, -0.2) is 13.2 Å². The molecule has 0 amide bonds. The van der Waals surface area contributed by atoms with E-state index in [4.69, 9.17) is 21.3 Å². The van der Waals surface area contributed by atoms with Gasteiger partial charge < -0.3 is 9.47 Å². The van der Waals surface area contributed by atoms with E-state index < -0.39 is 0 Å². The van der Waals surface area contributed by atoms with Crippen molar-refractivity contribution < 1.29 is 9.47 Å². The van der Waals surface area contributed by atoms with Crippen molar-refractivity contribution in [1.82, 2.24) is 0 Å². The van der Waals surface area contributed by atoms with E-state index in [0.717, 1.165) is 24.3 Å². The molecule has 0 atom stereocenters. The Balaban J connectivity index is 1.39. The SMILES string of the molecule is [C-]#[N+]c1cccc(OCCCCCCCCCCOc2cccc(C#N)c2)c1. The average molecular weight is 376 g/mol. The smallest absolute Gasteiger partial charge is 0.190 e. The summed E-state index contributed by atoms with van der Waals surface area (Å²) in [5.74, 6) is 1.57. The summed E-state index contributed by atoms with van der Waals surface area (Å²) in [6, 6.07) is 16.8.